The van der Waals surface area contributed by atoms with Gasteiger partial charge in [-0.1, -0.05) is 303 Å². The molecule has 0 aromatic heterocycles. The van der Waals surface area contributed by atoms with Crippen molar-refractivity contribution in [2.75, 3.05) is 13.2 Å². The van der Waals surface area contributed by atoms with Crippen LogP contribution in [0.2, 0.25) is 0 Å². The third-order valence-electron chi connectivity index (χ3n) is 14.9. The van der Waals surface area contributed by atoms with Crippen LogP contribution in [0.15, 0.2) is 122 Å². The maximum atomic E-state index is 12.9. The molecule has 0 aliphatic carbocycles. The van der Waals surface area contributed by atoms with Crippen molar-refractivity contribution in [2.45, 2.75) is 335 Å². The lowest BCUT2D eigenvalue weighted by atomic mass is 10.0. The highest BCUT2D eigenvalue weighted by atomic mass is 16.6. The lowest BCUT2D eigenvalue weighted by molar-refractivity contribution is -0.167. The number of unbranched alkanes of at least 4 members (excludes halogenated alkanes) is 32. The van der Waals surface area contributed by atoms with Gasteiger partial charge in [-0.3, -0.25) is 14.4 Å². The summed E-state index contributed by atoms with van der Waals surface area (Å²) in [6.07, 6.45) is 98.1. The first-order valence-electron chi connectivity index (χ1n) is 35.0. The molecule has 0 spiro atoms. The van der Waals surface area contributed by atoms with Crippen LogP contribution in [0, 0.1) is 0 Å². The van der Waals surface area contributed by atoms with Gasteiger partial charge in [0.1, 0.15) is 13.2 Å². The first kappa shape index (κ1) is 78.8. The van der Waals surface area contributed by atoms with E-state index in [1.807, 2.05) is 0 Å². The topological polar surface area (TPSA) is 78.9 Å². The molecule has 0 aromatic rings. The van der Waals surface area contributed by atoms with Crippen LogP contribution >= 0.6 is 0 Å². The summed E-state index contributed by atoms with van der Waals surface area (Å²) in [5, 5.41) is 0. The quantitative estimate of drug-likeness (QED) is 0.0261. The summed E-state index contributed by atoms with van der Waals surface area (Å²) in [6, 6.07) is 0. The fraction of sp³-hybridized carbons (Fsp3) is 0.701. The van der Waals surface area contributed by atoms with Crippen molar-refractivity contribution in [2.24, 2.45) is 0 Å². The second kappa shape index (κ2) is 70.3. The van der Waals surface area contributed by atoms with E-state index in [1.54, 1.807) is 0 Å². The molecule has 0 fully saturated rings. The van der Waals surface area contributed by atoms with Crippen molar-refractivity contribution < 1.29 is 28.6 Å². The molecule has 1 unspecified atom stereocenters. The zero-order chi connectivity index (χ0) is 59.9. The Morgan fingerprint density at radius 2 is 0.470 bits per heavy atom. The molecule has 474 valence electrons. The molecule has 83 heavy (non-hydrogen) atoms. The standard InChI is InChI=1S/C77H130O6/c1-4-7-10-13-16-19-22-25-28-30-32-34-35-36-37-38-39-40-41-43-44-46-49-52-55-58-61-64-67-70-76(79)82-73-74(72-81-75(78)69-66-63-60-57-54-51-48-27-24-21-18-15-12-9-6-3)83-77(80)71-68-65-62-59-56-53-50-47-45-42-33-31-29-26-23-20-17-14-11-8-5-2/h8-9,11-12,17-18,20-21,26-27,29-30,32-33,42,47-48,50,54,57,74H,4-7,10,13-16,19,22-25,28,31,34-41,43-46,49,51-53,55-56,58-73H2,1-3H3/b11-8-,12-9-,20-17-,21-18-,29-26-,32-30-,42-33-,48-27-,50-47-,57-54-. The van der Waals surface area contributed by atoms with Gasteiger partial charge in [0, 0.05) is 19.3 Å². The lowest BCUT2D eigenvalue weighted by Crippen LogP contribution is -2.30. The molecule has 0 bridgehead atoms. The first-order chi connectivity index (χ1) is 41.0. The molecular weight excluding hydrogens is 1020 g/mol. The highest BCUT2D eigenvalue weighted by molar-refractivity contribution is 5.71. The van der Waals surface area contributed by atoms with Gasteiger partial charge < -0.3 is 14.2 Å². The predicted octanol–water partition coefficient (Wildman–Crippen LogP) is 24.3. The third kappa shape index (κ3) is 68.5. The van der Waals surface area contributed by atoms with Gasteiger partial charge in [0.25, 0.3) is 0 Å². The Kier molecular flexibility index (Phi) is 66.7. The van der Waals surface area contributed by atoms with E-state index in [2.05, 4.69) is 142 Å². The SMILES string of the molecule is CC/C=C\C/C=C\C/C=C\C/C=C\C/C=C\CCCCCCCC(=O)OC(COC(=O)CCCC/C=C\C/C=C\C/C=C\C/C=C\CC)COC(=O)CCCCCCCCCCCCCCCCCCC/C=C\CCCCCCCCCC. The molecular formula is C77H130O6. The summed E-state index contributed by atoms with van der Waals surface area (Å²) in [6.45, 7) is 6.39. The van der Waals surface area contributed by atoms with Gasteiger partial charge >= 0.3 is 17.9 Å². The van der Waals surface area contributed by atoms with Crippen molar-refractivity contribution in [3.8, 4) is 0 Å². The molecule has 0 rings (SSSR count). The van der Waals surface area contributed by atoms with Crippen molar-refractivity contribution in [3.63, 3.8) is 0 Å². The van der Waals surface area contributed by atoms with E-state index in [9.17, 15) is 14.4 Å². The summed E-state index contributed by atoms with van der Waals surface area (Å²) in [5.74, 6) is -0.953. The van der Waals surface area contributed by atoms with E-state index >= 15 is 0 Å². The second-order valence-corrected chi connectivity index (χ2v) is 23.0. The zero-order valence-electron chi connectivity index (χ0n) is 54.4. The van der Waals surface area contributed by atoms with Gasteiger partial charge in [0.05, 0.1) is 0 Å². The largest absolute Gasteiger partial charge is 0.462 e. The molecule has 0 aliphatic heterocycles. The minimum atomic E-state index is -0.810. The fourth-order valence-corrected chi connectivity index (χ4v) is 9.75. The van der Waals surface area contributed by atoms with Crippen LogP contribution in [0.1, 0.15) is 329 Å². The highest BCUT2D eigenvalue weighted by Crippen LogP contribution is 2.17. The Balaban J connectivity index is 4.33. The number of carbonyl (C=O) groups is 3. The number of hydrogen-bond acceptors (Lipinski definition) is 6. The van der Waals surface area contributed by atoms with Crippen molar-refractivity contribution >= 4 is 17.9 Å². The molecule has 0 aliphatic rings. The predicted molar refractivity (Wildman–Crippen MR) is 362 cm³/mol. The Morgan fingerprint density at radius 1 is 0.253 bits per heavy atom. The Bertz CT molecular complexity index is 1700. The average molecular weight is 1150 g/mol. The van der Waals surface area contributed by atoms with Crippen LogP contribution in [0.25, 0.3) is 0 Å². The number of esters is 3. The molecule has 0 N–H and O–H groups in total. The summed E-state index contributed by atoms with van der Waals surface area (Å²) in [4.78, 5) is 38.4. The van der Waals surface area contributed by atoms with Gasteiger partial charge in [-0.15, -0.1) is 0 Å². The van der Waals surface area contributed by atoms with Crippen molar-refractivity contribution in [1.29, 1.82) is 0 Å². The maximum Gasteiger partial charge on any atom is 0.306 e. The number of rotatable bonds is 63. The number of allylic oxidation sites excluding steroid dienone is 20. The van der Waals surface area contributed by atoms with Gasteiger partial charge in [0.2, 0.25) is 0 Å². The van der Waals surface area contributed by atoms with Crippen molar-refractivity contribution in [1.82, 2.24) is 0 Å². The van der Waals surface area contributed by atoms with E-state index in [0.717, 1.165) is 135 Å². The number of carbonyl (C=O) groups excluding carboxylic acids is 3. The van der Waals surface area contributed by atoms with Gasteiger partial charge in [0.15, 0.2) is 6.10 Å². The second-order valence-electron chi connectivity index (χ2n) is 23.0. The van der Waals surface area contributed by atoms with Crippen LogP contribution in [0.5, 0.6) is 0 Å². The summed E-state index contributed by atoms with van der Waals surface area (Å²) in [5.41, 5.74) is 0. The van der Waals surface area contributed by atoms with E-state index < -0.39 is 6.10 Å². The Hall–Kier alpha value is -4.19. The smallest absolute Gasteiger partial charge is 0.306 e. The van der Waals surface area contributed by atoms with Crippen molar-refractivity contribution in [3.05, 3.63) is 122 Å². The minimum Gasteiger partial charge on any atom is -0.462 e. The molecule has 6 nitrogen and oxygen atoms in total. The van der Waals surface area contributed by atoms with E-state index in [-0.39, 0.29) is 31.1 Å². The van der Waals surface area contributed by atoms with Crippen LogP contribution in [-0.2, 0) is 28.6 Å². The average Bonchev–Trinajstić information content (AvgIpc) is 3.49. The Morgan fingerprint density at radius 3 is 0.771 bits per heavy atom. The minimum absolute atomic E-state index is 0.1000. The highest BCUT2D eigenvalue weighted by Gasteiger charge is 2.19. The monoisotopic (exact) mass is 1150 g/mol. The molecule has 0 saturated heterocycles. The molecule has 0 heterocycles. The molecule has 0 amide bonds. The third-order valence-corrected chi connectivity index (χ3v) is 14.9. The number of hydrogen-bond donors (Lipinski definition) is 0. The summed E-state index contributed by atoms with van der Waals surface area (Å²) < 4.78 is 16.9. The maximum absolute atomic E-state index is 12.9. The Labute approximate surface area is 513 Å². The summed E-state index contributed by atoms with van der Waals surface area (Å²) >= 11 is 0. The molecule has 0 saturated carbocycles. The number of ether oxygens (including phenoxy) is 3. The van der Waals surface area contributed by atoms with Crippen LogP contribution < -0.4 is 0 Å². The molecule has 0 radical (unpaired) electrons. The van der Waals surface area contributed by atoms with Crippen LogP contribution in [-0.4, -0.2) is 37.2 Å². The lowest BCUT2D eigenvalue weighted by Gasteiger charge is -2.18. The normalized spacial score (nSPS) is 12.9. The zero-order valence-corrected chi connectivity index (χ0v) is 54.4. The van der Waals surface area contributed by atoms with Gasteiger partial charge in [-0.05, 0) is 128 Å². The van der Waals surface area contributed by atoms with Crippen LogP contribution in [0.4, 0.5) is 0 Å². The molecule has 1 atom stereocenters. The van der Waals surface area contributed by atoms with Crippen LogP contribution in [0.3, 0.4) is 0 Å². The van der Waals surface area contributed by atoms with E-state index in [1.165, 1.54) is 154 Å². The van der Waals surface area contributed by atoms with Gasteiger partial charge in [-0.25, -0.2) is 0 Å². The first-order valence-corrected chi connectivity index (χ1v) is 35.0. The van der Waals surface area contributed by atoms with Gasteiger partial charge in [-0.2, -0.15) is 0 Å². The molecule has 0 aromatic carbocycles. The fourth-order valence-electron chi connectivity index (χ4n) is 9.75. The van der Waals surface area contributed by atoms with E-state index in [0.29, 0.717) is 19.3 Å². The molecule has 6 heteroatoms. The summed E-state index contributed by atoms with van der Waals surface area (Å²) in [7, 11) is 0. The van der Waals surface area contributed by atoms with E-state index in [4.69, 9.17) is 14.2 Å².